The van der Waals surface area contributed by atoms with E-state index < -0.39 is 0 Å². The number of hydrogen-bond donors (Lipinski definition) is 1. The zero-order valence-electron chi connectivity index (χ0n) is 10.7. The van der Waals surface area contributed by atoms with E-state index in [9.17, 15) is 0 Å². The van der Waals surface area contributed by atoms with Crippen LogP contribution in [0.15, 0.2) is 47.0 Å². The van der Waals surface area contributed by atoms with Gasteiger partial charge in [0.2, 0.25) is 0 Å². The number of nitrogens with one attached hydrogen (secondary N) is 1. The molecule has 6 heteroatoms. The molecular weight excluding hydrogens is 260 g/mol. The monoisotopic (exact) mass is 276 g/mol. The molecule has 0 saturated heterocycles. The molecule has 0 aromatic carbocycles. The van der Waals surface area contributed by atoms with Crippen molar-refractivity contribution in [2.75, 3.05) is 20.3 Å². The first kappa shape index (κ1) is 13.9. The lowest BCUT2D eigenvalue weighted by atomic mass is 10.3. The molecule has 2 rings (SSSR count). The van der Waals surface area contributed by atoms with Gasteiger partial charge in [0, 0.05) is 38.8 Å². The fraction of sp³-hybridized carbons (Fsp3) is 0.308. The van der Waals surface area contributed by atoms with Crippen molar-refractivity contribution in [2.45, 2.75) is 16.6 Å². The van der Waals surface area contributed by atoms with Crippen molar-refractivity contribution in [3.8, 4) is 0 Å². The third-order valence-corrected chi connectivity index (χ3v) is 3.37. The minimum absolute atomic E-state index is 0.701. The van der Waals surface area contributed by atoms with Crippen molar-refractivity contribution in [3.05, 3.63) is 42.5 Å². The van der Waals surface area contributed by atoms with Crippen molar-refractivity contribution in [2.24, 2.45) is 0 Å². The molecule has 0 bridgehead atoms. The quantitative estimate of drug-likeness (QED) is 0.778. The van der Waals surface area contributed by atoms with Crippen molar-refractivity contribution < 1.29 is 4.74 Å². The van der Waals surface area contributed by atoms with Crippen molar-refractivity contribution in [3.63, 3.8) is 0 Å². The second-order valence-corrected chi connectivity index (χ2v) is 4.79. The predicted molar refractivity (Wildman–Crippen MR) is 74.0 cm³/mol. The number of pyridine rings is 1. The molecule has 0 saturated carbocycles. The molecule has 2 heterocycles. The van der Waals surface area contributed by atoms with E-state index in [1.54, 1.807) is 31.9 Å². The number of nitrogens with zero attached hydrogens (tertiary/aromatic N) is 3. The van der Waals surface area contributed by atoms with Crippen molar-refractivity contribution in [1.82, 2.24) is 20.3 Å². The summed E-state index contributed by atoms with van der Waals surface area (Å²) in [6, 6.07) is 4.00. The Bertz CT molecular complexity index is 495. The second kappa shape index (κ2) is 7.83. The van der Waals surface area contributed by atoms with Gasteiger partial charge in [-0.25, -0.2) is 9.97 Å². The molecule has 2 aromatic rings. The number of aromatic nitrogens is 3. The summed E-state index contributed by atoms with van der Waals surface area (Å²) in [7, 11) is 1.70. The molecule has 0 aliphatic heterocycles. The highest BCUT2D eigenvalue weighted by Gasteiger charge is 2.06. The van der Waals surface area contributed by atoms with E-state index in [0.29, 0.717) is 6.61 Å². The van der Waals surface area contributed by atoms with Gasteiger partial charge in [-0.1, -0.05) is 6.07 Å². The van der Waals surface area contributed by atoms with Gasteiger partial charge < -0.3 is 10.1 Å². The summed E-state index contributed by atoms with van der Waals surface area (Å²) in [4.78, 5) is 12.7. The highest BCUT2D eigenvalue weighted by molar-refractivity contribution is 7.99. The van der Waals surface area contributed by atoms with E-state index in [1.165, 1.54) is 11.8 Å². The smallest absolute Gasteiger partial charge is 0.121 e. The van der Waals surface area contributed by atoms with Crippen LogP contribution in [0.1, 0.15) is 5.56 Å². The van der Waals surface area contributed by atoms with Gasteiger partial charge in [-0.2, -0.15) is 0 Å². The average Bonchev–Trinajstić information content (AvgIpc) is 2.46. The number of ether oxygens (including phenoxy) is 1. The number of hydrogen-bond acceptors (Lipinski definition) is 6. The van der Waals surface area contributed by atoms with E-state index in [2.05, 4.69) is 26.3 Å². The zero-order valence-corrected chi connectivity index (χ0v) is 11.6. The Balaban J connectivity index is 2.00. The van der Waals surface area contributed by atoms with Gasteiger partial charge in [-0.05, 0) is 23.4 Å². The normalized spacial score (nSPS) is 10.6. The topological polar surface area (TPSA) is 59.9 Å². The van der Waals surface area contributed by atoms with Crippen molar-refractivity contribution in [1.29, 1.82) is 0 Å². The van der Waals surface area contributed by atoms with Gasteiger partial charge in [0.15, 0.2) is 0 Å². The van der Waals surface area contributed by atoms with Crippen LogP contribution in [0.4, 0.5) is 0 Å². The molecule has 0 fully saturated rings. The molecule has 19 heavy (non-hydrogen) atoms. The standard InChI is InChI=1S/C13H16N4OS/c1-18-8-7-15-9-11-3-2-4-17-13(11)19-12-10-14-5-6-16-12/h2-6,10,15H,7-9H2,1H3. The Morgan fingerprint density at radius 2 is 2.21 bits per heavy atom. The average molecular weight is 276 g/mol. The Hall–Kier alpha value is -1.50. The van der Waals surface area contributed by atoms with Gasteiger partial charge in [-0.15, -0.1) is 0 Å². The van der Waals surface area contributed by atoms with Gasteiger partial charge in [0.05, 0.1) is 12.8 Å². The van der Waals surface area contributed by atoms with Gasteiger partial charge in [-0.3, -0.25) is 4.98 Å². The first-order chi connectivity index (χ1) is 9.40. The summed E-state index contributed by atoms with van der Waals surface area (Å²) in [6.07, 6.45) is 6.87. The summed E-state index contributed by atoms with van der Waals surface area (Å²) in [5.41, 5.74) is 1.15. The lowest BCUT2D eigenvalue weighted by Gasteiger charge is -2.08. The molecule has 0 spiro atoms. The summed E-state index contributed by atoms with van der Waals surface area (Å²) < 4.78 is 5.00. The first-order valence-electron chi connectivity index (χ1n) is 5.97. The largest absolute Gasteiger partial charge is 0.383 e. The van der Waals surface area contributed by atoms with Crippen LogP contribution in [0, 0.1) is 0 Å². The van der Waals surface area contributed by atoms with Gasteiger partial charge in [0.1, 0.15) is 10.1 Å². The summed E-state index contributed by atoms with van der Waals surface area (Å²) >= 11 is 1.52. The second-order valence-electron chi connectivity index (χ2n) is 3.78. The third-order valence-electron chi connectivity index (χ3n) is 2.39. The molecule has 0 aliphatic carbocycles. The molecule has 0 radical (unpaired) electrons. The lowest BCUT2D eigenvalue weighted by molar-refractivity contribution is 0.199. The molecule has 1 N–H and O–H groups in total. The van der Waals surface area contributed by atoms with E-state index >= 15 is 0 Å². The molecule has 0 aliphatic rings. The van der Waals surface area contributed by atoms with Gasteiger partial charge >= 0.3 is 0 Å². The molecule has 0 unspecified atom stereocenters. The Morgan fingerprint density at radius 1 is 1.26 bits per heavy atom. The zero-order chi connectivity index (χ0) is 13.3. The highest BCUT2D eigenvalue weighted by Crippen LogP contribution is 2.26. The minimum atomic E-state index is 0.701. The molecule has 0 amide bonds. The maximum atomic E-state index is 5.00. The highest BCUT2D eigenvalue weighted by atomic mass is 32.2. The molecular formula is C13H16N4OS. The van der Waals surface area contributed by atoms with Crippen molar-refractivity contribution >= 4 is 11.8 Å². The maximum Gasteiger partial charge on any atom is 0.121 e. The lowest BCUT2D eigenvalue weighted by Crippen LogP contribution is -2.19. The van der Waals surface area contributed by atoms with Crippen LogP contribution >= 0.6 is 11.8 Å². The Morgan fingerprint density at radius 3 is 3.00 bits per heavy atom. The van der Waals surface area contributed by atoms with Gasteiger partial charge in [0.25, 0.3) is 0 Å². The summed E-state index contributed by atoms with van der Waals surface area (Å²) in [5.74, 6) is 0. The SMILES string of the molecule is COCCNCc1cccnc1Sc1cnccn1. The van der Waals surface area contributed by atoms with Crippen LogP contribution < -0.4 is 5.32 Å². The predicted octanol–water partition coefficient (Wildman–Crippen LogP) is 1.76. The molecule has 0 atom stereocenters. The fourth-order valence-electron chi connectivity index (χ4n) is 1.49. The van der Waals surface area contributed by atoms with Crippen LogP contribution in [0.25, 0.3) is 0 Å². The summed E-state index contributed by atoms with van der Waals surface area (Å²) in [6.45, 7) is 2.29. The molecule has 5 nitrogen and oxygen atoms in total. The Labute approximate surface area is 116 Å². The van der Waals surface area contributed by atoms with Crippen LogP contribution in [-0.4, -0.2) is 35.2 Å². The van der Waals surface area contributed by atoms with Crippen LogP contribution in [0.3, 0.4) is 0 Å². The number of methoxy groups -OCH3 is 1. The van der Waals surface area contributed by atoms with E-state index in [1.807, 2.05) is 6.07 Å². The first-order valence-corrected chi connectivity index (χ1v) is 6.79. The molecule has 2 aromatic heterocycles. The van der Waals surface area contributed by atoms with Crippen LogP contribution in [0.5, 0.6) is 0 Å². The molecule has 100 valence electrons. The van der Waals surface area contributed by atoms with Crippen LogP contribution in [0.2, 0.25) is 0 Å². The fourth-order valence-corrected chi connectivity index (χ4v) is 2.30. The third kappa shape index (κ3) is 4.59. The number of rotatable bonds is 7. The maximum absolute atomic E-state index is 5.00. The van der Waals surface area contributed by atoms with E-state index in [0.717, 1.165) is 28.7 Å². The van der Waals surface area contributed by atoms with Crippen LogP contribution in [-0.2, 0) is 11.3 Å². The van der Waals surface area contributed by atoms with E-state index in [-0.39, 0.29) is 0 Å². The summed E-state index contributed by atoms with van der Waals surface area (Å²) in [5, 5.41) is 5.11. The minimum Gasteiger partial charge on any atom is -0.383 e. The Kier molecular flexibility index (Phi) is 5.74. The van der Waals surface area contributed by atoms with E-state index in [4.69, 9.17) is 4.74 Å².